The average molecular weight is 335 g/mol. The van der Waals surface area contributed by atoms with Crippen molar-refractivity contribution >= 4 is 29.4 Å². The molecule has 0 spiro atoms. The van der Waals surface area contributed by atoms with E-state index in [0.29, 0.717) is 24.0 Å². The van der Waals surface area contributed by atoms with Crippen molar-refractivity contribution in [3.63, 3.8) is 0 Å². The predicted octanol–water partition coefficient (Wildman–Crippen LogP) is 3.19. The van der Waals surface area contributed by atoms with E-state index in [4.69, 9.17) is 5.11 Å². The molecule has 1 amide bonds. The zero-order valence-corrected chi connectivity index (χ0v) is 13.7. The van der Waals surface area contributed by atoms with E-state index < -0.39 is 5.97 Å². The van der Waals surface area contributed by atoms with Crippen LogP contribution in [0.1, 0.15) is 38.3 Å². The van der Waals surface area contributed by atoms with Crippen LogP contribution in [0.25, 0.3) is 6.08 Å². The standard InChI is InChI=1S/C20H17NO4/c1-21-17-8-6-15(12-14(17)7-10-19(21)23)18(22)9-5-13-3-2-4-16(11-13)20(24)25/h2-6,8-9,11-12H,7,10H2,1H3,(H,24,25). The summed E-state index contributed by atoms with van der Waals surface area (Å²) in [5.41, 5.74) is 3.19. The molecule has 2 aromatic carbocycles. The zero-order valence-electron chi connectivity index (χ0n) is 13.7. The molecule has 5 heteroatoms. The summed E-state index contributed by atoms with van der Waals surface area (Å²) in [6.45, 7) is 0. The van der Waals surface area contributed by atoms with Gasteiger partial charge in [0.2, 0.25) is 5.91 Å². The highest BCUT2D eigenvalue weighted by atomic mass is 16.4. The van der Waals surface area contributed by atoms with E-state index in [1.807, 2.05) is 6.07 Å². The molecule has 25 heavy (non-hydrogen) atoms. The normalized spacial score (nSPS) is 13.8. The van der Waals surface area contributed by atoms with Crippen LogP contribution in [0, 0.1) is 0 Å². The largest absolute Gasteiger partial charge is 0.478 e. The second-order valence-corrected chi connectivity index (χ2v) is 5.92. The van der Waals surface area contributed by atoms with Crippen molar-refractivity contribution in [2.24, 2.45) is 0 Å². The summed E-state index contributed by atoms with van der Waals surface area (Å²) in [5.74, 6) is -1.09. The summed E-state index contributed by atoms with van der Waals surface area (Å²) in [7, 11) is 1.73. The molecule has 0 atom stereocenters. The van der Waals surface area contributed by atoms with Gasteiger partial charge in [-0.25, -0.2) is 4.79 Å². The second kappa shape index (κ2) is 6.73. The van der Waals surface area contributed by atoms with Crippen molar-refractivity contribution < 1.29 is 19.5 Å². The Bertz CT molecular complexity index is 898. The molecule has 5 nitrogen and oxygen atoms in total. The first-order valence-electron chi connectivity index (χ1n) is 7.91. The first kappa shape index (κ1) is 16.6. The Hall–Kier alpha value is -3.21. The highest BCUT2D eigenvalue weighted by molar-refractivity contribution is 6.07. The fourth-order valence-electron chi connectivity index (χ4n) is 2.85. The Morgan fingerprint density at radius 3 is 2.64 bits per heavy atom. The van der Waals surface area contributed by atoms with E-state index in [1.165, 1.54) is 18.2 Å². The zero-order chi connectivity index (χ0) is 18.0. The summed E-state index contributed by atoms with van der Waals surface area (Å²) in [6, 6.07) is 11.7. The van der Waals surface area contributed by atoms with E-state index in [-0.39, 0.29) is 17.3 Å². The van der Waals surface area contributed by atoms with Crippen molar-refractivity contribution in [1.29, 1.82) is 0 Å². The minimum absolute atomic E-state index is 0.0739. The maximum Gasteiger partial charge on any atom is 0.335 e. The second-order valence-electron chi connectivity index (χ2n) is 5.92. The van der Waals surface area contributed by atoms with Gasteiger partial charge in [-0.3, -0.25) is 9.59 Å². The van der Waals surface area contributed by atoms with Crippen molar-refractivity contribution in [2.75, 3.05) is 11.9 Å². The lowest BCUT2D eigenvalue weighted by Gasteiger charge is -2.25. The summed E-state index contributed by atoms with van der Waals surface area (Å²) >= 11 is 0. The molecule has 1 N–H and O–H groups in total. The van der Waals surface area contributed by atoms with Crippen molar-refractivity contribution in [1.82, 2.24) is 0 Å². The van der Waals surface area contributed by atoms with Gasteiger partial charge in [-0.2, -0.15) is 0 Å². The van der Waals surface area contributed by atoms with Gasteiger partial charge >= 0.3 is 5.97 Å². The Morgan fingerprint density at radius 2 is 1.88 bits per heavy atom. The van der Waals surface area contributed by atoms with Crippen molar-refractivity contribution in [2.45, 2.75) is 12.8 Å². The molecule has 1 heterocycles. The number of rotatable bonds is 4. The lowest BCUT2D eigenvalue weighted by Crippen LogP contribution is -2.31. The van der Waals surface area contributed by atoms with E-state index in [2.05, 4.69) is 0 Å². The molecule has 1 aliphatic rings. The van der Waals surface area contributed by atoms with Crippen LogP contribution in [0.5, 0.6) is 0 Å². The monoisotopic (exact) mass is 335 g/mol. The molecule has 2 aromatic rings. The molecule has 0 unspecified atom stereocenters. The van der Waals surface area contributed by atoms with Crippen LogP contribution in [0.3, 0.4) is 0 Å². The summed E-state index contributed by atoms with van der Waals surface area (Å²) in [6.07, 6.45) is 4.10. The molecular weight excluding hydrogens is 318 g/mol. The molecule has 0 saturated heterocycles. The molecule has 0 aliphatic carbocycles. The van der Waals surface area contributed by atoms with Gasteiger partial charge in [-0.05, 0) is 54.0 Å². The highest BCUT2D eigenvalue weighted by Gasteiger charge is 2.21. The van der Waals surface area contributed by atoms with Gasteiger partial charge in [-0.15, -0.1) is 0 Å². The Labute approximate surface area is 145 Å². The number of carboxylic acid groups (broad SMARTS) is 1. The number of hydrogen-bond donors (Lipinski definition) is 1. The minimum atomic E-state index is -1.00. The first-order chi connectivity index (χ1) is 12.0. The number of benzene rings is 2. The van der Waals surface area contributed by atoms with Gasteiger partial charge in [0, 0.05) is 24.7 Å². The molecule has 0 bridgehead atoms. The third kappa shape index (κ3) is 3.50. The number of carboxylic acids is 1. The number of fused-ring (bicyclic) bond motifs is 1. The lowest BCUT2D eigenvalue weighted by atomic mass is 9.97. The van der Waals surface area contributed by atoms with Crippen LogP contribution in [0.2, 0.25) is 0 Å². The number of carbonyl (C=O) groups is 3. The smallest absolute Gasteiger partial charge is 0.335 e. The number of aromatic carboxylic acids is 1. The van der Waals surface area contributed by atoms with Gasteiger partial charge in [0.15, 0.2) is 5.78 Å². The maximum absolute atomic E-state index is 12.4. The van der Waals surface area contributed by atoms with Gasteiger partial charge in [0.25, 0.3) is 0 Å². The lowest BCUT2D eigenvalue weighted by molar-refractivity contribution is -0.118. The summed E-state index contributed by atoms with van der Waals surface area (Å²) in [5, 5.41) is 9.00. The number of aryl methyl sites for hydroxylation is 1. The third-order valence-corrected chi connectivity index (χ3v) is 4.27. The number of nitrogens with zero attached hydrogens (tertiary/aromatic N) is 1. The van der Waals surface area contributed by atoms with Crippen molar-refractivity contribution in [3.8, 4) is 0 Å². The quantitative estimate of drug-likeness (QED) is 0.688. The Morgan fingerprint density at radius 1 is 1.08 bits per heavy atom. The van der Waals surface area contributed by atoms with Crippen LogP contribution in [0.15, 0.2) is 48.5 Å². The number of allylic oxidation sites excluding steroid dienone is 1. The maximum atomic E-state index is 12.4. The minimum Gasteiger partial charge on any atom is -0.478 e. The van der Waals surface area contributed by atoms with Gasteiger partial charge < -0.3 is 10.0 Å². The molecule has 0 saturated carbocycles. The number of carbonyl (C=O) groups excluding carboxylic acids is 2. The van der Waals surface area contributed by atoms with Crippen LogP contribution in [0.4, 0.5) is 5.69 Å². The van der Waals surface area contributed by atoms with E-state index in [9.17, 15) is 14.4 Å². The molecule has 1 aliphatic heterocycles. The molecule has 126 valence electrons. The first-order valence-corrected chi connectivity index (χ1v) is 7.91. The SMILES string of the molecule is CN1C(=O)CCc2cc(C(=O)C=Cc3cccc(C(=O)O)c3)ccc21. The molecule has 0 radical (unpaired) electrons. The highest BCUT2D eigenvalue weighted by Crippen LogP contribution is 2.27. The van der Waals surface area contributed by atoms with Gasteiger partial charge in [-0.1, -0.05) is 18.2 Å². The Balaban J connectivity index is 1.81. The number of amides is 1. The van der Waals surface area contributed by atoms with Crippen molar-refractivity contribution in [3.05, 3.63) is 70.8 Å². The van der Waals surface area contributed by atoms with Gasteiger partial charge in [0.1, 0.15) is 0 Å². The molecule has 3 rings (SSSR count). The topological polar surface area (TPSA) is 74.7 Å². The van der Waals surface area contributed by atoms with Crippen LogP contribution in [-0.2, 0) is 11.2 Å². The number of anilines is 1. The van der Waals surface area contributed by atoms with Crippen LogP contribution in [-0.4, -0.2) is 29.8 Å². The molecule has 0 fully saturated rings. The van der Waals surface area contributed by atoms with Gasteiger partial charge in [0.05, 0.1) is 5.56 Å². The number of ketones is 1. The van der Waals surface area contributed by atoms with E-state index >= 15 is 0 Å². The third-order valence-electron chi connectivity index (χ3n) is 4.27. The van der Waals surface area contributed by atoms with Crippen LogP contribution >= 0.6 is 0 Å². The molecule has 0 aromatic heterocycles. The predicted molar refractivity (Wildman–Crippen MR) is 94.9 cm³/mol. The summed E-state index contributed by atoms with van der Waals surface area (Å²) < 4.78 is 0. The molecular formula is C20H17NO4. The fourth-order valence-corrected chi connectivity index (χ4v) is 2.85. The van der Waals surface area contributed by atoms with E-state index in [1.54, 1.807) is 42.3 Å². The summed E-state index contributed by atoms with van der Waals surface area (Å²) in [4.78, 5) is 36.7. The van der Waals surface area contributed by atoms with E-state index in [0.717, 1.165) is 11.3 Å². The number of hydrogen-bond acceptors (Lipinski definition) is 3. The fraction of sp³-hybridized carbons (Fsp3) is 0.150. The van der Waals surface area contributed by atoms with Crippen LogP contribution < -0.4 is 4.90 Å². The Kier molecular flexibility index (Phi) is 4.48. The average Bonchev–Trinajstić information content (AvgIpc) is 2.62.